The van der Waals surface area contributed by atoms with Crippen LogP contribution in [-0.2, 0) is 17.4 Å². The SMILES string of the molecule is Cc1cccc(CC(CO)C(C(=O)Nc2ccc(C#N)c(C(F)(F)F)c2)C2CCCC2)c1. The first-order chi connectivity index (χ1) is 15.2. The summed E-state index contributed by atoms with van der Waals surface area (Å²) < 4.78 is 40.0. The van der Waals surface area contributed by atoms with Crippen molar-refractivity contribution >= 4 is 11.6 Å². The van der Waals surface area contributed by atoms with Crippen molar-refractivity contribution in [3.05, 3.63) is 64.7 Å². The Bertz CT molecular complexity index is 991. The molecule has 0 saturated heterocycles. The van der Waals surface area contributed by atoms with E-state index in [9.17, 15) is 23.1 Å². The molecule has 1 amide bonds. The number of nitrogens with zero attached hydrogens (tertiary/aromatic N) is 1. The maximum atomic E-state index is 13.3. The van der Waals surface area contributed by atoms with Crippen molar-refractivity contribution in [1.29, 1.82) is 5.26 Å². The van der Waals surface area contributed by atoms with Crippen LogP contribution in [0.25, 0.3) is 0 Å². The number of aliphatic hydroxyl groups excluding tert-OH is 1. The molecule has 3 rings (SSSR count). The van der Waals surface area contributed by atoms with E-state index in [0.29, 0.717) is 6.42 Å². The first-order valence-electron chi connectivity index (χ1n) is 10.8. The molecule has 7 heteroatoms. The molecule has 1 aliphatic rings. The van der Waals surface area contributed by atoms with Crippen LogP contribution in [0.2, 0.25) is 0 Å². The predicted octanol–water partition coefficient (Wildman–Crippen LogP) is 5.48. The third kappa shape index (κ3) is 5.68. The van der Waals surface area contributed by atoms with Gasteiger partial charge in [-0.25, -0.2) is 0 Å². The Hall–Kier alpha value is -2.85. The third-order valence-corrected chi connectivity index (χ3v) is 6.25. The van der Waals surface area contributed by atoms with Gasteiger partial charge in [-0.1, -0.05) is 42.7 Å². The summed E-state index contributed by atoms with van der Waals surface area (Å²) in [4.78, 5) is 13.3. The number of benzene rings is 2. The minimum atomic E-state index is -4.70. The number of halogens is 3. The van der Waals surface area contributed by atoms with E-state index in [1.54, 1.807) is 6.07 Å². The van der Waals surface area contributed by atoms with E-state index >= 15 is 0 Å². The molecule has 2 aromatic carbocycles. The number of amides is 1. The Kier molecular flexibility index (Phi) is 7.57. The number of aliphatic hydroxyl groups is 1. The van der Waals surface area contributed by atoms with Gasteiger partial charge in [0, 0.05) is 18.2 Å². The van der Waals surface area contributed by atoms with E-state index in [1.165, 1.54) is 6.07 Å². The summed E-state index contributed by atoms with van der Waals surface area (Å²) in [5, 5.41) is 21.8. The lowest BCUT2D eigenvalue weighted by Crippen LogP contribution is -2.37. The van der Waals surface area contributed by atoms with Crippen LogP contribution in [0.15, 0.2) is 42.5 Å². The molecule has 0 bridgehead atoms. The van der Waals surface area contributed by atoms with E-state index < -0.39 is 23.2 Å². The summed E-state index contributed by atoms with van der Waals surface area (Å²) in [6, 6.07) is 12.6. The van der Waals surface area contributed by atoms with Gasteiger partial charge in [0.1, 0.15) is 0 Å². The van der Waals surface area contributed by atoms with Crippen LogP contribution in [0.3, 0.4) is 0 Å². The Morgan fingerprint density at radius 1 is 1.22 bits per heavy atom. The monoisotopic (exact) mass is 444 g/mol. The lowest BCUT2D eigenvalue weighted by molar-refractivity contribution is -0.137. The number of carbonyl (C=O) groups excluding carboxylic acids is 1. The van der Waals surface area contributed by atoms with Gasteiger partial charge in [0.2, 0.25) is 5.91 Å². The molecule has 2 N–H and O–H groups in total. The fourth-order valence-corrected chi connectivity index (χ4v) is 4.76. The minimum absolute atomic E-state index is 0.00318. The molecule has 1 fully saturated rings. The zero-order chi connectivity index (χ0) is 23.3. The maximum absolute atomic E-state index is 13.3. The normalized spacial score (nSPS) is 16.4. The summed E-state index contributed by atoms with van der Waals surface area (Å²) in [6.07, 6.45) is -0.505. The number of anilines is 1. The number of nitriles is 1. The third-order valence-electron chi connectivity index (χ3n) is 6.25. The number of rotatable bonds is 7. The second kappa shape index (κ2) is 10.2. The molecule has 1 aliphatic carbocycles. The highest BCUT2D eigenvalue weighted by Gasteiger charge is 2.38. The zero-order valence-corrected chi connectivity index (χ0v) is 18.0. The molecule has 1 saturated carbocycles. The number of nitrogens with one attached hydrogen (secondary N) is 1. The molecule has 0 radical (unpaired) electrons. The van der Waals surface area contributed by atoms with E-state index in [4.69, 9.17) is 5.26 Å². The summed E-state index contributed by atoms with van der Waals surface area (Å²) >= 11 is 0. The Balaban J connectivity index is 1.87. The fourth-order valence-electron chi connectivity index (χ4n) is 4.76. The van der Waals surface area contributed by atoms with Gasteiger partial charge >= 0.3 is 6.18 Å². The molecule has 0 aliphatic heterocycles. The Morgan fingerprint density at radius 3 is 2.53 bits per heavy atom. The topological polar surface area (TPSA) is 73.1 Å². The van der Waals surface area contributed by atoms with Gasteiger partial charge in [0.05, 0.1) is 17.2 Å². The minimum Gasteiger partial charge on any atom is -0.396 e. The summed E-state index contributed by atoms with van der Waals surface area (Å²) in [5.41, 5.74) is 0.525. The maximum Gasteiger partial charge on any atom is 0.417 e. The van der Waals surface area contributed by atoms with Crippen molar-refractivity contribution in [2.45, 2.75) is 45.2 Å². The van der Waals surface area contributed by atoms with Gasteiger partial charge in [-0.2, -0.15) is 18.4 Å². The molecule has 2 aromatic rings. The van der Waals surface area contributed by atoms with E-state index in [2.05, 4.69) is 5.32 Å². The zero-order valence-electron chi connectivity index (χ0n) is 18.0. The number of carbonyl (C=O) groups is 1. The quantitative estimate of drug-likeness (QED) is 0.594. The molecule has 0 spiro atoms. The van der Waals surface area contributed by atoms with Gasteiger partial charge in [0.15, 0.2) is 0 Å². The van der Waals surface area contributed by atoms with Gasteiger partial charge in [-0.15, -0.1) is 0 Å². The second-order valence-corrected chi connectivity index (χ2v) is 8.57. The van der Waals surface area contributed by atoms with Crippen LogP contribution in [0.4, 0.5) is 18.9 Å². The summed E-state index contributed by atoms with van der Waals surface area (Å²) in [6.45, 7) is 1.78. The van der Waals surface area contributed by atoms with Crippen LogP contribution < -0.4 is 5.32 Å². The molecule has 0 aromatic heterocycles. The lowest BCUT2D eigenvalue weighted by Gasteiger charge is -2.30. The van der Waals surface area contributed by atoms with Crippen LogP contribution in [0, 0.1) is 36.0 Å². The van der Waals surface area contributed by atoms with Crippen molar-refractivity contribution in [2.24, 2.45) is 17.8 Å². The molecule has 4 nitrogen and oxygen atoms in total. The van der Waals surface area contributed by atoms with Crippen molar-refractivity contribution in [3.63, 3.8) is 0 Å². The summed E-state index contributed by atoms with van der Waals surface area (Å²) in [7, 11) is 0. The fraction of sp³-hybridized carbons (Fsp3) is 0.440. The van der Waals surface area contributed by atoms with Gasteiger partial charge in [0.25, 0.3) is 0 Å². The van der Waals surface area contributed by atoms with Crippen molar-refractivity contribution in [3.8, 4) is 6.07 Å². The number of hydrogen-bond acceptors (Lipinski definition) is 3. The average Bonchev–Trinajstić information content (AvgIpc) is 3.27. The van der Waals surface area contributed by atoms with E-state index in [-0.39, 0.29) is 30.0 Å². The first kappa shape index (κ1) is 23.8. The van der Waals surface area contributed by atoms with Crippen LogP contribution in [0.5, 0.6) is 0 Å². The van der Waals surface area contributed by atoms with E-state index in [0.717, 1.165) is 48.9 Å². The molecule has 0 heterocycles. The number of aryl methyl sites for hydroxylation is 1. The molecule has 32 heavy (non-hydrogen) atoms. The molecule has 2 atom stereocenters. The molecular weight excluding hydrogens is 417 g/mol. The predicted molar refractivity (Wildman–Crippen MR) is 116 cm³/mol. The highest BCUT2D eigenvalue weighted by atomic mass is 19.4. The molecule has 2 unspecified atom stereocenters. The molecule has 170 valence electrons. The van der Waals surface area contributed by atoms with Gasteiger partial charge in [-0.3, -0.25) is 4.79 Å². The number of hydrogen-bond donors (Lipinski definition) is 2. The Morgan fingerprint density at radius 2 is 1.94 bits per heavy atom. The Labute approximate surface area is 186 Å². The molecular formula is C25H27F3N2O2. The first-order valence-corrected chi connectivity index (χ1v) is 10.8. The van der Waals surface area contributed by atoms with E-state index in [1.807, 2.05) is 31.2 Å². The second-order valence-electron chi connectivity index (χ2n) is 8.57. The number of alkyl halides is 3. The highest BCUT2D eigenvalue weighted by molar-refractivity contribution is 5.93. The summed E-state index contributed by atoms with van der Waals surface area (Å²) in [5.74, 6) is -1.19. The van der Waals surface area contributed by atoms with Crippen LogP contribution >= 0.6 is 0 Å². The van der Waals surface area contributed by atoms with Gasteiger partial charge < -0.3 is 10.4 Å². The lowest BCUT2D eigenvalue weighted by atomic mass is 9.77. The smallest absolute Gasteiger partial charge is 0.396 e. The standard InChI is InChI=1S/C25H27F3N2O2/c1-16-5-4-6-17(11-16)12-20(15-31)23(18-7-2-3-8-18)24(32)30-21-10-9-19(14-29)22(13-21)25(26,27)28/h4-6,9-11,13,18,20,23,31H,2-3,7-8,12,15H2,1H3,(H,30,32). The van der Waals surface area contributed by atoms with Crippen molar-refractivity contribution < 1.29 is 23.1 Å². The van der Waals surface area contributed by atoms with Crippen molar-refractivity contribution in [1.82, 2.24) is 0 Å². The average molecular weight is 444 g/mol. The highest BCUT2D eigenvalue weighted by Crippen LogP contribution is 2.38. The van der Waals surface area contributed by atoms with Crippen LogP contribution in [-0.4, -0.2) is 17.6 Å². The van der Waals surface area contributed by atoms with Crippen molar-refractivity contribution in [2.75, 3.05) is 11.9 Å². The largest absolute Gasteiger partial charge is 0.417 e. The van der Waals surface area contributed by atoms with Gasteiger partial charge in [-0.05, 0) is 61.8 Å². The van der Waals surface area contributed by atoms with Crippen LogP contribution in [0.1, 0.15) is 47.9 Å².